The van der Waals surface area contributed by atoms with Crippen molar-refractivity contribution in [3.8, 4) is 0 Å². The number of sulfonamides is 1. The lowest BCUT2D eigenvalue weighted by Gasteiger charge is -2.04. The monoisotopic (exact) mass is 299 g/mol. The third-order valence-electron chi connectivity index (χ3n) is 2.98. The number of rotatable bonds is 5. The molecule has 0 amide bonds. The van der Waals surface area contributed by atoms with Crippen LogP contribution in [0, 0.1) is 20.8 Å². The van der Waals surface area contributed by atoms with Crippen LogP contribution in [0.25, 0.3) is 0 Å². The molecule has 2 aromatic heterocycles. The predicted molar refractivity (Wildman–Crippen MR) is 71.2 cm³/mol. The Morgan fingerprint density at radius 3 is 2.60 bits per heavy atom. The second-order valence-corrected chi connectivity index (χ2v) is 6.09. The molecule has 2 heterocycles. The molecule has 4 N–H and O–H groups in total. The van der Waals surface area contributed by atoms with Gasteiger partial charge in [-0.2, -0.15) is 5.10 Å². The van der Waals surface area contributed by atoms with Gasteiger partial charge in [-0.05, 0) is 20.8 Å². The lowest BCUT2D eigenvalue weighted by molar-refractivity contribution is 0.462. The quantitative estimate of drug-likeness (QED) is 0.726. The summed E-state index contributed by atoms with van der Waals surface area (Å²) in [5.41, 5.74) is 7.38. The zero-order valence-corrected chi connectivity index (χ0v) is 12.3. The highest BCUT2D eigenvalue weighted by Crippen LogP contribution is 2.16. The van der Waals surface area contributed by atoms with Gasteiger partial charge in [-0.25, -0.2) is 18.1 Å². The summed E-state index contributed by atoms with van der Waals surface area (Å²) in [4.78, 5) is 4.11. The SMILES string of the molecule is Cc1nc(CNS(=O)(=O)c2n[nH]c(C)c2CN)oc1C. The van der Waals surface area contributed by atoms with E-state index in [4.69, 9.17) is 10.2 Å². The molecule has 0 aliphatic heterocycles. The van der Waals surface area contributed by atoms with Crippen molar-refractivity contribution >= 4 is 10.0 Å². The van der Waals surface area contributed by atoms with Gasteiger partial charge in [-0.1, -0.05) is 0 Å². The largest absolute Gasteiger partial charge is 0.444 e. The second kappa shape index (κ2) is 5.35. The summed E-state index contributed by atoms with van der Waals surface area (Å²) in [6.45, 7) is 5.34. The summed E-state index contributed by atoms with van der Waals surface area (Å²) in [6.07, 6.45) is 0. The van der Waals surface area contributed by atoms with Crippen LogP contribution < -0.4 is 10.5 Å². The minimum absolute atomic E-state index is 0.0348. The maximum atomic E-state index is 12.2. The van der Waals surface area contributed by atoms with Crippen molar-refractivity contribution in [1.82, 2.24) is 19.9 Å². The van der Waals surface area contributed by atoms with Crippen molar-refractivity contribution in [3.63, 3.8) is 0 Å². The molecule has 0 bridgehead atoms. The molecule has 0 radical (unpaired) electrons. The molecular weight excluding hydrogens is 282 g/mol. The van der Waals surface area contributed by atoms with E-state index in [2.05, 4.69) is 19.9 Å². The van der Waals surface area contributed by atoms with Crippen molar-refractivity contribution in [2.75, 3.05) is 0 Å². The molecule has 8 nitrogen and oxygen atoms in total. The fourth-order valence-corrected chi connectivity index (χ4v) is 2.91. The van der Waals surface area contributed by atoms with Crippen LogP contribution in [0.4, 0.5) is 0 Å². The van der Waals surface area contributed by atoms with Gasteiger partial charge in [0, 0.05) is 17.8 Å². The number of hydrogen-bond donors (Lipinski definition) is 3. The van der Waals surface area contributed by atoms with Crippen molar-refractivity contribution in [1.29, 1.82) is 0 Å². The molecule has 0 spiro atoms. The molecule has 0 aliphatic rings. The first-order chi connectivity index (χ1) is 9.35. The first-order valence-electron chi connectivity index (χ1n) is 6.01. The summed E-state index contributed by atoms with van der Waals surface area (Å²) in [5.74, 6) is 0.975. The molecular formula is C11H17N5O3S. The number of H-pyrrole nitrogens is 1. The van der Waals surface area contributed by atoms with Crippen LogP contribution in [0.1, 0.15) is 28.6 Å². The molecule has 0 saturated heterocycles. The van der Waals surface area contributed by atoms with Gasteiger partial charge in [0.15, 0.2) is 5.03 Å². The molecule has 20 heavy (non-hydrogen) atoms. The minimum atomic E-state index is -3.76. The van der Waals surface area contributed by atoms with E-state index in [1.165, 1.54) is 0 Å². The summed E-state index contributed by atoms with van der Waals surface area (Å²) in [6, 6.07) is 0. The van der Waals surface area contributed by atoms with Gasteiger partial charge in [0.1, 0.15) is 5.76 Å². The topological polar surface area (TPSA) is 127 Å². The van der Waals surface area contributed by atoms with Crippen molar-refractivity contribution in [2.45, 2.75) is 38.9 Å². The maximum Gasteiger partial charge on any atom is 0.260 e. The van der Waals surface area contributed by atoms with Gasteiger partial charge in [-0.3, -0.25) is 5.10 Å². The number of aromatic nitrogens is 3. The van der Waals surface area contributed by atoms with Gasteiger partial charge < -0.3 is 10.2 Å². The Labute approximate surface area is 116 Å². The first kappa shape index (κ1) is 14.7. The third-order valence-corrected chi connectivity index (χ3v) is 4.35. The molecule has 0 aromatic carbocycles. The van der Waals surface area contributed by atoms with Crippen molar-refractivity contribution in [3.05, 3.63) is 28.6 Å². The van der Waals surface area contributed by atoms with E-state index >= 15 is 0 Å². The Morgan fingerprint density at radius 2 is 2.05 bits per heavy atom. The van der Waals surface area contributed by atoms with Gasteiger partial charge in [0.05, 0.1) is 12.2 Å². The highest BCUT2D eigenvalue weighted by Gasteiger charge is 2.23. The fraction of sp³-hybridized carbons (Fsp3) is 0.455. The van der Waals surface area contributed by atoms with Crippen molar-refractivity contribution in [2.24, 2.45) is 5.73 Å². The lowest BCUT2D eigenvalue weighted by Crippen LogP contribution is -2.25. The minimum Gasteiger partial charge on any atom is -0.444 e. The second-order valence-electron chi connectivity index (χ2n) is 4.41. The highest BCUT2D eigenvalue weighted by atomic mass is 32.2. The molecule has 0 fully saturated rings. The van der Waals surface area contributed by atoms with E-state index in [1.54, 1.807) is 20.8 Å². The molecule has 0 saturated carbocycles. The van der Waals surface area contributed by atoms with Crippen molar-refractivity contribution < 1.29 is 12.8 Å². The number of nitrogens with two attached hydrogens (primary N) is 1. The van der Waals surface area contributed by atoms with Gasteiger partial charge in [-0.15, -0.1) is 0 Å². The van der Waals surface area contributed by atoms with Crippen LogP contribution in [-0.2, 0) is 23.1 Å². The van der Waals surface area contributed by atoms with Crippen LogP contribution in [0.5, 0.6) is 0 Å². The first-order valence-corrected chi connectivity index (χ1v) is 7.50. The maximum absolute atomic E-state index is 12.2. The molecule has 2 rings (SSSR count). The van der Waals surface area contributed by atoms with E-state index in [-0.39, 0.29) is 18.1 Å². The average Bonchev–Trinajstić information content (AvgIpc) is 2.91. The van der Waals surface area contributed by atoms with E-state index in [9.17, 15) is 8.42 Å². The summed E-state index contributed by atoms with van der Waals surface area (Å²) >= 11 is 0. The zero-order valence-electron chi connectivity index (χ0n) is 11.5. The normalized spacial score (nSPS) is 12.0. The number of aryl methyl sites for hydroxylation is 3. The number of oxazole rings is 1. The molecule has 9 heteroatoms. The van der Waals surface area contributed by atoms with Crippen LogP contribution in [0.15, 0.2) is 9.44 Å². The highest BCUT2D eigenvalue weighted by molar-refractivity contribution is 7.89. The molecule has 110 valence electrons. The number of nitrogens with one attached hydrogen (secondary N) is 2. The summed E-state index contributed by atoms with van der Waals surface area (Å²) < 4.78 is 32.1. The molecule has 2 aromatic rings. The summed E-state index contributed by atoms with van der Waals surface area (Å²) in [5, 5.41) is 6.32. The molecule has 0 aliphatic carbocycles. The Balaban J connectivity index is 2.19. The Kier molecular flexibility index (Phi) is 3.93. The van der Waals surface area contributed by atoms with E-state index in [0.29, 0.717) is 22.9 Å². The smallest absolute Gasteiger partial charge is 0.260 e. The van der Waals surface area contributed by atoms with Crippen LogP contribution in [-0.4, -0.2) is 23.6 Å². The van der Waals surface area contributed by atoms with E-state index in [0.717, 1.165) is 5.69 Å². The molecule has 0 unspecified atom stereocenters. The average molecular weight is 299 g/mol. The van der Waals surface area contributed by atoms with Crippen LogP contribution in [0.2, 0.25) is 0 Å². The molecule has 0 atom stereocenters. The fourth-order valence-electron chi connectivity index (χ4n) is 1.73. The van der Waals surface area contributed by atoms with Gasteiger partial charge in [0.25, 0.3) is 10.0 Å². The number of hydrogen-bond acceptors (Lipinski definition) is 6. The van der Waals surface area contributed by atoms with E-state index < -0.39 is 10.0 Å². The number of nitrogens with zero attached hydrogens (tertiary/aromatic N) is 2. The third kappa shape index (κ3) is 2.74. The summed E-state index contributed by atoms with van der Waals surface area (Å²) in [7, 11) is -3.76. The zero-order chi connectivity index (χ0) is 14.9. The lowest BCUT2D eigenvalue weighted by atomic mass is 10.3. The standard InChI is InChI=1S/C11H17N5O3S/c1-6-8(3)19-10(14-6)5-13-20(17,18)11-9(4-12)7(2)15-16-11/h13H,4-5,12H2,1-3H3,(H,15,16). The Morgan fingerprint density at radius 1 is 1.35 bits per heavy atom. The van der Waals surface area contributed by atoms with Gasteiger partial charge >= 0.3 is 0 Å². The van der Waals surface area contributed by atoms with Gasteiger partial charge in [0.2, 0.25) is 5.89 Å². The van der Waals surface area contributed by atoms with E-state index in [1.807, 2.05) is 0 Å². The Bertz CT molecular complexity index is 697. The number of aromatic amines is 1. The Hall–Kier alpha value is -1.71. The van der Waals surface area contributed by atoms with Crippen LogP contribution in [0.3, 0.4) is 0 Å². The predicted octanol–water partition coefficient (Wildman–Crippen LogP) is 0.260. The van der Waals surface area contributed by atoms with Crippen LogP contribution >= 0.6 is 0 Å².